The average molecular weight is 343 g/mol. The van der Waals surface area contributed by atoms with Crippen molar-refractivity contribution in [3.05, 3.63) is 10.4 Å². The van der Waals surface area contributed by atoms with Gasteiger partial charge in [-0.15, -0.1) is 0 Å². The molecule has 1 aliphatic rings. The van der Waals surface area contributed by atoms with Gasteiger partial charge in [-0.2, -0.15) is 9.97 Å². The maximum atomic E-state index is 9.34. The molecular formula is C13H16Cl2N6O. The summed E-state index contributed by atoms with van der Waals surface area (Å²) in [6.07, 6.45) is 1.69. The Morgan fingerprint density at radius 2 is 1.91 bits per heavy atom. The first-order chi connectivity index (χ1) is 10.5. The van der Waals surface area contributed by atoms with Crippen LogP contribution in [0.25, 0.3) is 11.2 Å². The summed E-state index contributed by atoms with van der Waals surface area (Å²) in [6.45, 7) is 3.80. The molecule has 1 atom stereocenters. The van der Waals surface area contributed by atoms with Crippen LogP contribution < -0.4 is 10.2 Å². The van der Waals surface area contributed by atoms with Crippen LogP contribution in [0.2, 0.25) is 10.4 Å². The van der Waals surface area contributed by atoms with Crippen molar-refractivity contribution in [3.8, 4) is 0 Å². The summed E-state index contributed by atoms with van der Waals surface area (Å²) >= 11 is 12.2. The Balaban J connectivity index is 2.05. The molecule has 0 saturated carbocycles. The highest BCUT2D eigenvalue weighted by molar-refractivity contribution is 6.32. The number of nitrogens with zero attached hydrogens (tertiary/aromatic N) is 5. The fourth-order valence-electron chi connectivity index (χ4n) is 2.39. The van der Waals surface area contributed by atoms with Gasteiger partial charge in [-0.1, -0.05) is 11.6 Å². The minimum Gasteiger partial charge on any atom is -0.392 e. The maximum absolute atomic E-state index is 9.34. The average Bonchev–Trinajstić information content (AvgIpc) is 2.98. The van der Waals surface area contributed by atoms with Gasteiger partial charge in [-0.25, -0.2) is 9.97 Å². The van der Waals surface area contributed by atoms with E-state index in [1.165, 1.54) is 0 Å². The molecule has 0 amide bonds. The van der Waals surface area contributed by atoms with Crippen LogP contribution in [0.3, 0.4) is 0 Å². The van der Waals surface area contributed by atoms with Gasteiger partial charge in [-0.3, -0.25) is 0 Å². The fraction of sp³-hybridized carbons (Fsp3) is 0.538. The minimum atomic E-state index is -0.525. The van der Waals surface area contributed by atoms with E-state index in [1.807, 2.05) is 0 Å². The van der Waals surface area contributed by atoms with Crippen LogP contribution in [-0.4, -0.2) is 50.8 Å². The van der Waals surface area contributed by atoms with Gasteiger partial charge in [0, 0.05) is 19.6 Å². The molecule has 3 heterocycles. The van der Waals surface area contributed by atoms with Gasteiger partial charge < -0.3 is 15.3 Å². The van der Waals surface area contributed by atoms with Gasteiger partial charge in [0.25, 0.3) is 0 Å². The molecule has 0 spiro atoms. The Bertz CT molecular complexity index is 690. The summed E-state index contributed by atoms with van der Waals surface area (Å²) in [6, 6.07) is 0. The lowest BCUT2D eigenvalue weighted by molar-refractivity contribution is 0.208. The van der Waals surface area contributed by atoms with E-state index in [0.717, 1.165) is 25.9 Å². The quantitative estimate of drug-likeness (QED) is 0.822. The lowest BCUT2D eigenvalue weighted by atomic mass is 10.4. The Morgan fingerprint density at radius 1 is 1.18 bits per heavy atom. The van der Waals surface area contributed by atoms with Crippen LogP contribution in [0, 0.1) is 0 Å². The molecule has 22 heavy (non-hydrogen) atoms. The molecule has 9 heteroatoms. The highest BCUT2D eigenvalue weighted by Gasteiger charge is 2.21. The summed E-state index contributed by atoms with van der Waals surface area (Å²) in [5.74, 6) is 1.04. The topological polar surface area (TPSA) is 87.1 Å². The number of anilines is 2. The highest BCUT2D eigenvalue weighted by Crippen LogP contribution is 2.29. The third-order valence-electron chi connectivity index (χ3n) is 3.41. The molecule has 0 aliphatic carbocycles. The van der Waals surface area contributed by atoms with E-state index >= 15 is 0 Å². The second-order valence-corrected chi connectivity index (χ2v) is 5.97. The van der Waals surface area contributed by atoms with Gasteiger partial charge in [-0.05, 0) is 31.4 Å². The van der Waals surface area contributed by atoms with Gasteiger partial charge in [0.05, 0.1) is 6.10 Å². The number of halogens is 2. The number of fused-ring (bicyclic) bond motifs is 1. The first-order valence-electron chi connectivity index (χ1n) is 7.12. The number of hydrogen-bond acceptors (Lipinski definition) is 7. The van der Waals surface area contributed by atoms with Gasteiger partial charge in [0.15, 0.2) is 28.0 Å². The molecule has 2 N–H and O–H groups in total. The van der Waals surface area contributed by atoms with E-state index < -0.39 is 6.10 Å². The first-order valence-corrected chi connectivity index (χ1v) is 7.88. The van der Waals surface area contributed by atoms with Gasteiger partial charge >= 0.3 is 0 Å². The highest BCUT2D eigenvalue weighted by atomic mass is 35.5. The molecule has 0 aromatic carbocycles. The van der Waals surface area contributed by atoms with Crippen molar-refractivity contribution >= 4 is 46.0 Å². The fourth-order valence-corrected chi connectivity index (χ4v) is 2.75. The zero-order valence-electron chi connectivity index (χ0n) is 12.1. The largest absolute Gasteiger partial charge is 0.392 e. The lowest BCUT2D eigenvalue weighted by Gasteiger charge is -2.18. The van der Waals surface area contributed by atoms with Crippen LogP contribution in [0.5, 0.6) is 0 Å². The summed E-state index contributed by atoms with van der Waals surface area (Å²) in [7, 11) is 0. The third kappa shape index (κ3) is 3.16. The zero-order valence-corrected chi connectivity index (χ0v) is 13.6. The van der Waals surface area contributed by atoms with Crippen molar-refractivity contribution in [1.82, 2.24) is 19.9 Å². The number of nitrogens with one attached hydrogen (secondary N) is 1. The number of aliphatic hydroxyl groups excluding tert-OH is 1. The number of aromatic nitrogens is 4. The second kappa shape index (κ2) is 6.36. The van der Waals surface area contributed by atoms with Crippen LogP contribution in [0.1, 0.15) is 19.8 Å². The van der Waals surface area contributed by atoms with Crippen molar-refractivity contribution in [2.75, 3.05) is 29.9 Å². The van der Waals surface area contributed by atoms with Crippen molar-refractivity contribution in [2.45, 2.75) is 25.9 Å². The van der Waals surface area contributed by atoms with Crippen LogP contribution in [-0.2, 0) is 0 Å². The predicted octanol–water partition coefficient (Wildman–Crippen LogP) is 2.12. The Kier molecular flexibility index (Phi) is 4.46. The summed E-state index contributed by atoms with van der Waals surface area (Å²) in [5.41, 5.74) is 0.929. The third-order valence-corrected chi connectivity index (χ3v) is 3.85. The normalized spacial score (nSPS) is 16.3. The van der Waals surface area contributed by atoms with E-state index in [1.54, 1.807) is 6.92 Å². The molecule has 1 aliphatic heterocycles. The van der Waals surface area contributed by atoms with Crippen LogP contribution in [0.4, 0.5) is 11.6 Å². The van der Waals surface area contributed by atoms with E-state index in [-0.39, 0.29) is 10.4 Å². The summed E-state index contributed by atoms with van der Waals surface area (Å²) in [4.78, 5) is 19.3. The van der Waals surface area contributed by atoms with E-state index in [9.17, 15) is 5.11 Å². The standard InChI is InChI=1S/C13H16Cl2N6O/c1-7(22)6-16-11-9(14)17-8-10(18-11)19-13(15)20-12(8)21-4-2-3-5-21/h7,22H,2-6H2,1H3,(H,16,18,19,20). The Labute approximate surface area is 137 Å². The summed E-state index contributed by atoms with van der Waals surface area (Å²) in [5, 5.41) is 12.6. The number of hydrogen-bond donors (Lipinski definition) is 2. The molecule has 1 unspecified atom stereocenters. The van der Waals surface area contributed by atoms with Gasteiger partial charge in [0.1, 0.15) is 0 Å². The second-order valence-electron chi connectivity index (χ2n) is 5.28. The van der Waals surface area contributed by atoms with E-state index in [4.69, 9.17) is 23.2 Å². The molecule has 7 nitrogen and oxygen atoms in total. The predicted molar refractivity (Wildman–Crippen MR) is 86.8 cm³/mol. The SMILES string of the molecule is CC(O)CNc1nc2nc(Cl)nc(N3CCCC3)c2nc1Cl. The van der Waals surface area contributed by atoms with Crippen molar-refractivity contribution < 1.29 is 5.11 Å². The first kappa shape index (κ1) is 15.5. The molecule has 1 saturated heterocycles. The maximum Gasteiger partial charge on any atom is 0.226 e. The number of rotatable bonds is 4. The minimum absolute atomic E-state index is 0.132. The zero-order chi connectivity index (χ0) is 15.7. The van der Waals surface area contributed by atoms with Crippen molar-refractivity contribution in [3.63, 3.8) is 0 Å². The molecule has 1 fully saturated rings. The molecule has 2 aromatic rings. The van der Waals surface area contributed by atoms with E-state index in [0.29, 0.717) is 29.3 Å². The van der Waals surface area contributed by atoms with Crippen LogP contribution in [0.15, 0.2) is 0 Å². The van der Waals surface area contributed by atoms with E-state index in [2.05, 4.69) is 30.2 Å². The smallest absolute Gasteiger partial charge is 0.226 e. The van der Waals surface area contributed by atoms with Crippen molar-refractivity contribution in [1.29, 1.82) is 0 Å². The number of aliphatic hydroxyl groups is 1. The molecule has 118 valence electrons. The lowest BCUT2D eigenvalue weighted by Crippen LogP contribution is -2.21. The van der Waals surface area contributed by atoms with Gasteiger partial charge in [0.2, 0.25) is 5.28 Å². The Hall–Kier alpha value is -1.44. The summed E-state index contributed by atoms with van der Waals surface area (Å²) < 4.78 is 0. The molecule has 2 aromatic heterocycles. The molecular weight excluding hydrogens is 327 g/mol. The Morgan fingerprint density at radius 3 is 2.59 bits per heavy atom. The molecule has 0 bridgehead atoms. The monoisotopic (exact) mass is 342 g/mol. The molecule has 0 radical (unpaired) electrons. The van der Waals surface area contributed by atoms with Crippen molar-refractivity contribution in [2.24, 2.45) is 0 Å². The molecule has 3 rings (SSSR count). The van der Waals surface area contributed by atoms with Crippen LogP contribution >= 0.6 is 23.2 Å².